The van der Waals surface area contributed by atoms with E-state index in [2.05, 4.69) is 46.2 Å². The van der Waals surface area contributed by atoms with E-state index in [0.29, 0.717) is 24.5 Å². The van der Waals surface area contributed by atoms with E-state index < -0.39 is 10.0 Å². The number of sulfonamides is 1. The molecule has 5 nitrogen and oxygen atoms in total. The van der Waals surface area contributed by atoms with Crippen LogP contribution in [0, 0.1) is 6.92 Å². The monoisotopic (exact) mass is 395 g/mol. The normalized spacial score (nSPS) is 11.2. The summed E-state index contributed by atoms with van der Waals surface area (Å²) in [6.07, 6.45) is 2.84. The van der Waals surface area contributed by atoms with Crippen LogP contribution in [0.2, 0.25) is 0 Å². The molecule has 1 aromatic heterocycles. The molecule has 0 fully saturated rings. The lowest BCUT2D eigenvalue weighted by Crippen LogP contribution is -2.17. The van der Waals surface area contributed by atoms with E-state index >= 15 is 0 Å². The van der Waals surface area contributed by atoms with E-state index in [0.717, 1.165) is 17.5 Å². The van der Waals surface area contributed by atoms with Crippen molar-refractivity contribution in [2.75, 3.05) is 15.8 Å². The number of hydrogen-bond acceptors (Lipinski definition) is 4. The maximum atomic E-state index is 12.3. The highest BCUT2D eigenvalue weighted by Crippen LogP contribution is 2.14. The second-order valence-corrected chi connectivity index (χ2v) is 8.62. The molecule has 0 aliphatic rings. The van der Waals surface area contributed by atoms with Crippen molar-refractivity contribution in [3.63, 3.8) is 0 Å². The average Bonchev–Trinajstić information content (AvgIpc) is 2.69. The SMILES string of the molecule is Cc1ccc(CNc2ccc(NS(=O)(=O)CCCc3ccccc3)cn2)cc1. The summed E-state index contributed by atoms with van der Waals surface area (Å²) in [5, 5.41) is 3.23. The lowest BCUT2D eigenvalue weighted by molar-refractivity contribution is 0.598. The minimum Gasteiger partial charge on any atom is -0.366 e. The van der Waals surface area contributed by atoms with Crippen LogP contribution >= 0.6 is 0 Å². The van der Waals surface area contributed by atoms with Crippen LogP contribution in [-0.4, -0.2) is 19.2 Å². The summed E-state index contributed by atoms with van der Waals surface area (Å²) < 4.78 is 27.1. The van der Waals surface area contributed by atoms with Gasteiger partial charge in [-0.25, -0.2) is 13.4 Å². The molecular weight excluding hydrogens is 370 g/mol. The highest BCUT2D eigenvalue weighted by molar-refractivity contribution is 7.92. The molecule has 0 saturated heterocycles. The Morgan fingerprint density at radius 1 is 0.893 bits per heavy atom. The fourth-order valence-corrected chi connectivity index (χ4v) is 3.91. The molecule has 0 bridgehead atoms. The summed E-state index contributed by atoms with van der Waals surface area (Å²) in [5.41, 5.74) is 4.00. The molecular formula is C22H25N3O2S. The fraction of sp³-hybridized carbons (Fsp3) is 0.227. The van der Waals surface area contributed by atoms with Gasteiger partial charge in [-0.1, -0.05) is 60.2 Å². The molecule has 0 aliphatic heterocycles. The molecule has 0 aliphatic carbocycles. The van der Waals surface area contributed by atoms with Crippen molar-refractivity contribution in [2.45, 2.75) is 26.3 Å². The molecule has 6 heteroatoms. The highest BCUT2D eigenvalue weighted by atomic mass is 32.2. The molecule has 0 unspecified atom stereocenters. The average molecular weight is 396 g/mol. The summed E-state index contributed by atoms with van der Waals surface area (Å²) in [7, 11) is -3.39. The number of aryl methyl sites for hydroxylation is 2. The van der Waals surface area contributed by atoms with E-state index in [1.807, 2.05) is 30.3 Å². The van der Waals surface area contributed by atoms with Crippen LogP contribution in [0.4, 0.5) is 11.5 Å². The summed E-state index contributed by atoms with van der Waals surface area (Å²) in [6.45, 7) is 2.72. The van der Waals surface area contributed by atoms with Crippen LogP contribution in [0.3, 0.4) is 0 Å². The third-order valence-electron chi connectivity index (χ3n) is 4.35. The van der Waals surface area contributed by atoms with Crippen molar-refractivity contribution in [3.8, 4) is 0 Å². The molecule has 0 amide bonds. The van der Waals surface area contributed by atoms with E-state index in [1.54, 1.807) is 12.1 Å². The lowest BCUT2D eigenvalue weighted by atomic mass is 10.1. The molecule has 2 N–H and O–H groups in total. The summed E-state index contributed by atoms with van der Waals surface area (Å²) in [4.78, 5) is 4.29. The minimum absolute atomic E-state index is 0.0787. The second kappa shape index (κ2) is 9.37. The lowest BCUT2D eigenvalue weighted by Gasteiger charge is -2.10. The predicted molar refractivity (Wildman–Crippen MR) is 115 cm³/mol. The van der Waals surface area contributed by atoms with Crippen LogP contribution in [0.15, 0.2) is 72.9 Å². The van der Waals surface area contributed by atoms with E-state index in [-0.39, 0.29) is 5.75 Å². The van der Waals surface area contributed by atoms with E-state index in [1.165, 1.54) is 11.8 Å². The van der Waals surface area contributed by atoms with Gasteiger partial charge in [-0.15, -0.1) is 0 Å². The maximum absolute atomic E-state index is 12.3. The van der Waals surface area contributed by atoms with Crippen molar-refractivity contribution >= 4 is 21.5 Å². The van der Waals surface area contributed by atoms with Crippen LogP contribution in [0.1, 0.15) is 23.1 Å². The first-order chi connectivity index (χ1) is 13.5. The van der Waals surface area contributed by atoms with Crippen molar-refractivity contribution < 1.29 is 8.42 Å². The Morgan fingerprint density at radius 2 is 1.64 bits per heavy atom. The minimum atomic E-state index is -3.39. The zero-order chi connectivity index (χ0) is 19.8. The topological polar surface area (TPSA) is 71.1 Å². The molecule has 146 valence electrons. The fourth-order valence-electron chi connectivity index (χ4n) is 2.80. The Morgan fingerprint density at radius 3 is 2.32 bits per heavy atom. The van der Waals surface area contributed by atoms with Gasteiger partial charge in [0.1, 0.15) is 5.82 Å². The molecule has 0 saturated carbocycles. The standard InChI is InChI=1S/C22H25N3O2S/c1-18-9-11-20(12-10-18)16-23-22-14-13-21(17-24-22)25-28(26,27)15-5-8-19-6-3-2-4-7-19/h2-4,6-7,9-14,17,25H,5,8,15-16H2,1H3,(H,23,24). The van der Waals surface area contributed by atoms with Gasteiger partial charge in [-0.3, -0.25) is 4.72 Å². The Balaban J connectivity index is 1.47. The molecule has 3 aromatic rings. The van der Waals surface area contributed by atoms with Gasteiger partial charge in [0.15, 0.2) is 0 Å². The number of aromatic nitrogens is 1. The number of hydrogen-bond donors (Lipinski definition) is 2. The van der Waals surface area contributed by atoms with Crippen molar-refractivity contribution in [1.29, 1.82) is 0 Å². The Hall–Kier alpha value is -2.86. The Bertz CT molecular complexity index is 971. The molecule has 0 atom stereocenters. The smallest absolute Gasteiger partial charge is 0.232 e. The summed E-state index contributed by atoms with van der Waals surface area (Å²) in [5.74, 6) is 0.780. The number of nitrogens with zero attached hydrogens (tertiary/aromatic N) is 1. The molecule has 0 radical (unpaired) electrons. The van der Waals surface area contributed by atoms with Crippen LogP contribution in [-0.2, 0) is 23.0 Å². The molecule has 0 spiro atoms. The third kappa shape index (κ3) is 6.39. The number of benzene rings is 2. The zero-order valence-corrected chi connectivity index (χ0v) is 16.7. The zero-order valence-electron chi connectivity index (χ0n) is 15.9. The quantitative estimate of drug-likeness (QED) is 0.564. The first-order valence-corrected chi connectivity index (χ1v) is 11.0. The van der Waals surface area contributed by atoms with Crippen LogP contribution in [0.5, 0.6) is 0 Å². The second-order valence-electron chi connectivity index (χ2n) is 6.78. The largest absolute Gasteiger partial charge is 0.366 e. The van der Waals surface area contributed by atoms with Gasteiger partial charge in [0.2, 0.25) is 10.0 Å². The predicted octanol–water partition coefficient (Wildman–Crippen LogP) is 4.38. The molecule has 3 rings (SSSR count). The van der Waals surface area contributed by atoms with Gasteiger partial charge in [0, 0.05) is 6.54 Å². The number of anilines is 2. The Labute approximate surface area is 166 Å². The summed E-state index contributed by atoms with van der Waals surface area (Å²) >= 11 is 0. The third-order valence-corrected chi connectivity index (χ3v) is 5.73. The summed E-state index contributed by atoms with van der Waals surface area (Å²) in [6, 6.07) is 21.7. The first-order valence-electron chi connectivity index (χ1n) is 9.30. The number of rotatable bonds is 9. The van der Waals surface area contributed by atoms with E-state index in [9.17, 15) is 8.42 Å². The van der Waals surface area contributed by atoms with Gasteiger partial charge in [-0.2, -0.15) is 0 Å². The van der Waals surface area contributed by atoms with Crippen molar-refractivity contribution in [3.05, 3.63) is 89.6 Å². The van der Waals surface area contributed by atoms with E-state index in [4.69, 9.17) is 0 Å². The van der Waals surface area contributed by atoms with Crippen molar-refractivity contribution in [1.82, 2.24) is 4.98 Å². The first kappa shape index (κ1) is 19.9. The van der Waals surface area contributed by atoms with Crippen LogP contribution in [0.25, 0.3) is 0 Å². The molecule has 28 heavy (non-hydrogen) atoms. The Kier molecular flexibility index (Phi) is 6.66. The van der Waals surface area contributed by atoms with Crippen molar-refractivity contribution in [2.24, 2.45) is 0 Å². The number of pyridine rings is 1. The van der Waals surface area contributed by atoms with Gasteiger partial charge >= 0.3 is 0 Å². The van der Waals surface area contributed by atoms with Crippen LogP contribution < -0.4 is 10.0 Å². The molecule has 1 heterocycles. The highest BCUT2D eigenvalue weighted by Gasteiger charge is 2.10. The van der Waals surface area contributed by atoms with Gasteiger partial charge in [0.25, 0.3) is 0 Å². The van der Waals surface area contributed by atoms with Gasteiger partial charge in [0.05, 0.1) is 17.6 Å². The number of nitrogens with one attached hydrogen (secondary N) is 2. The van der Waals surface area contributed by atoms with Gasteiger partial charge < -0.3 is 5.32 Å². The van der Waals surface area contributed by atoms with Gasteiger partial charge in [-0.05, 0) is 43.0 Å². The molecule has 2 aromatic carbocycles. The maximum Gasteiger partial charge on any atom is 0.232 e.